The molecule has 4 nitrogen and oxygen atoms in total. The SMILES string of the molecule is COC(=O)c1ccc(OC)c(CC[C@@H](C)O)c1. The van der Waals surface area contributed by atoms with E-state index in [0.717, 1.165) is 11.3 Å². The Kier molecular flexibility index (Phi) is 4.97. The van der Waals surface area contributed by atoms with Gasteiger partial charge < -0.3 is 14.6 Å². The van der Waals surface area contributed by atoms with Crippen LogP contribution in [-0.4, -0.2) is 31.4 Å². The molecule has 0 saturated carbocycles. The molecular weight excluding hydrogens is 220 g/mol. The summed E-state index contributed by atoms with van der Waals surface area (Å²) in [5.41, 5.74) is 1.39. The average molecular weight is 238 g/mol. The van der Waals surface area contributed by atoms with Gasteiger partial charge in [0.05, 0.1) is 25.9 Å². The highest BCUT2D eigenvalue weighted by molar-refractivity contribution is 5.89. The lowest BCUT2D eigenvalue weighted by Gasteiger charge is -2.11. The zero-order valence-corrected chi connectivity index (χ0v) is 10.4. The molecule has 0 radical (unpaired) electrons. The van der Waals surface area contributed by atoms with Crippen LogP contribution < -0.4 is 4.74 Å². The summed E-state index contributed by atoms with van der Waals surface area (Å²) < 4.78 is 9.87. The molecule has 0 amide bonds. The molecule has 0 fully saturated rings. The van der Waals surface area contributed by atoms with Gasteiger partial charge in [0.15, 0.2) is 0 Å². The first kappa shape index (κ1) is 13.5. The predicted molar refractivity (Wildman–Crippen MR) is 64.3 cm³/mol. The molecule has 1 aromatic rings. The molecule has 0 aliphatic rings. The largest absolute Gasteiger partial charge is 0.496 e. The van der Waals surface area contributed by atoms with E-state index in [2.05, 4.69) is 4.74 Å². The zero-order valence-electron chi connectivity index (χ0n) is 10.4. The second kappa shape index (κ2) is 6.25. The molecule has 0 aliphatic heterocycles. The van der Waals surface area contributed by atoms with Gasteiger partial charge in [0.2, 0.25) is 0 Å². The van der Waals surface area contributed by atoms with Gasteiger partial charge in [-0.3, -0.25) is 0 Å². The molecule has 1 rings (SSSR count). The summed E-state index contributed by atoms with van der Waals surface area (Å²) >= 11 is 0. The maximum absolute atomic E-state index is 11.4. The van der Waals surface area contributed by atoms with Crippen molar-refractivity contribution in [1.29, 1.82) is 0 Å². The van der Waals surface area contributed by atoms with E-state index in [-0.39, 0.29) is 12.1 Å². The van der Waals surface area contributed by atoms with Gasteiger partial charge in [-0.25, -0.2) is 4.79 Å². The van der Waals surface area contributed by atoms with E-state index in [1.165, 1.54) is 7.11 Å². The number of aryl methyl sites for hydroxylation is 1. The fraction of sp³-hybridized carbons (Fsp3) is 0.462. The van der Waals surface area contributed by atoms with Crippen molar-refractivity contribution < 1.29 is 19.4 Å². The first-order chi connectivity index (χ1) is 8.08. The van der Waals surface area contributed by atoms with Crippen LogP contribution in [-0.2, 0) is 11.2 Å². The van der Waals surface area contributed by atoms with Crippen LogP contribution in [0.1, 0.15) is 29.3 Å². The fourth-order valence-corrected chi connectivity index (χ4v) is 1.58. The Morgan fingerprint density at radius 1 is 1.41 bits per heavy atom. The fourth-order valence-electron chi connectivity index (χ4n) is 1.58. The maximum atomic E-state index is 11.4. The Bertz CT molecular complexity index is 385. The molecule has 0 bridgehead atoms. The lowest BCUT2D eigenvalue weighted by molar-refractivity contribution is 0.0600. The number of hydrogen-bond acceptors (Lipinski definition) is 4. The Hall–Kier alpha value is -1.55. The van der Waals surface area contributed by atoms with Crippen molar-refractivity contribution in [2.45, 2.75) is 25.9 Å². The van der Waals surface area contributed by atoms with Gasteiger partial charge >= 0.3 is 5.97 Å². The third-order valence-electron chi connectivity index (χ3n) is 2.53. The Balaban J connectivity index is 2.93. The number of rotatable bonds is 5. The first-order valence-electron chi connectivity index (χ1n) is 5.51. The molecule has 94 valence electrons. The van der Waals surface area contributed by atoms with Gasteiger partial charge in [0.25, 0.3) is 0 Å². The summed E-state index contributed by atoms with van der Waals surface area (Å²) in [5.74, 6) is 0.351. The van der Waals surface area contributed by atoms with E-state index in [9.17, 15) is 9.90 Å². The van der Waals surface area contributed by atoms with Crippen LogP contribution in [0.25, 0.3) is 0 Å². The molecule has 1 atom stereocenters. The number of carbonyl (C=O) groups excluding carboxylic acids is 1. The summed E-state index contributed by atoms with van der Waals surface area (Å²) in [6.07, 6.45) is 0.911. The third-order valence-corrected chi connectivity index (χ3v) is 2.53. The van der Waals surface area contributed by atoms with E-state index in [0.29, 0.717) is 18.4 Å². The minimum Gasteiger partial charge on any atom is -0.496 e. The topological polar surface area (TPSA) is 55.8 Å². The minimum absolute atomic E-state index is 0.369. The molecule has 1 N–H and O–H groups in total. The zero-order chi connectivity index (χ0) is 12.8. The predicted octanol–water partition coefficient (Wildman–Crippen LogP) is 1.80. The van der Waals surface area contributed by atoms with E-state index >= 15 is 0 Å². The van der Waals surface area contributed by atoms with Gasteiger partial charge in [-0.1, -0.05) is 0 Å². The van der Waals surface area contributed by atoms with Gasteiger partial charge in [-0.2, -0.15) is 0 Å². The standard InChI is InChI=1S/C13H18O4/c1-9(14)4-5-10-8-11(13(15)17-3)6-7-12(10)16-2/h6-9,14H,4-5H2,1-3H3/t9-/m1/s1. The molecule has 0 spiro atoms. The summed E-state index contributed by atoms with van der Waals surface area (Å²) in [7, 11) is 2.93. The van der Waals surface area contributed by atoms with E-state index < -0.39 is 0 Å². The summed E-state index contributed by atoms with van der Waals surface area (Å²) in [4.78, 5) is 11.4. The third kappa shape index (κ3) is 3.75. The van der Waals surface area contributed by atoms with Crippen molar-refractivity contribution in [2.24, 2.45) is 0 Å². The van der Waals surface area contributed by atoms with Crippen LogP contribution in [0.3, 0.4) is 0 Å². The number of hydrogen-bond donors (Lipinski definition) is 1. The maximum Gasteiger partial charge on any atom is 0.337 e. The van der Waals surface area contributed by atoms with Crippen molar-refractivity contribution in [2.75, 3.05) is 14.2 Å². The van der Waals surface area contributed by atoms with Crippen LogP contribution in [0, 0.1) is 0 Å². The molecule has 0 saturated heterocycles. The normalized spacial score (nSPS) is 12.0. The number of carbonyl (C=O) groups is 1. The highest BCUT2D eigenvalue weighted by atomic mass is 16.5. The lowest BCUT2D eigenvalue weighted by atomic mass is 10.0. The smallest absolute Gasteiger partial charge is 0.337 e. The van der Waals surface area contributed by atoms with Crippen molar-refractivity contribution in [3.05, 3.63) is 29.3 Å². The van der Waals surface area contributed by atoms with Crippen LogP contribution in [0.5, 0.6) is 5.75 Å². The summed E-state index contributed by atoms with van der Waals surface area (Å²) in [5, 5.41) is 9.27. The Labute approximate surface area is 101 Å². The number of benzene rings is 1. The number of ether oxygens (including phenoxy) is 2. The van der Waals surface area contributed by atoms with Crippen LogP contribution in [0.2, 0.25) is 0 Å². The number of methoxy groups -OCH3 is 2. The van der Waals surface area contributed by atoms with Gasteiger partial charge in [0.1, 0.15) is 5.75 Å². The molecule has 0 aliphatic carbocycles. The molecular formula is C13H18O4. The molecule has 0 aromatic heterocycles. The van der Waals surface area contributed by atoms with Crippen molar-refractivity contribution in [3.8, 4) is 5.75 Å². The Morgan fingerprint density at radius 3 is 2.65 bits per heavy atom. The van der Waals surface area contributed by atoms with Crippen molar-refractivity contribution in [1.82, 2.24) is 0 Å². The number of esters is 1. The summed E-state index contributed by atoms with van der Waals surface area (Å²) in [6, 6.07) is 5.15. The van der Waals surface area contributed by atoms with Gasteiger partial charge in [-0.05, 0) is 43.5 Å². The van der Waals surface area contributed by atoms with Crippen LogP contribution in [0.4, 0.5) is 0 Å². The first-order valence-corrected chi connectivity index (χ1v) is 5.51. The summed E-state index contributed by atoms with van der Waals surface area (Å²) in [6.45, 7) is 1.73. The second-order valence-corrected chi connectivity index (χ2v) is 3.91. The highest BCUT2D eigenvalue weighted by Crippen LogP contribution is 2.22. The van der Waals surface area contributed by atoms with Gasteiger partial charge in [0, 0.05) is 0 Å². The van der Waals surface area contributed by atoms with Crippen molar-refractivity contribution in [3.63, 3.8) is 0 Å². The van der Waals surface area contributed by atoms with E-state index in [1.807, 2.05) is 0 Å². The molecule has 0 unspecified atom stereocenters. The quantitative estimate of drug-likeness (QED) is 0.795. The average Bonchev–Trinajstić information content (AvgIpc) is 2.34. The second-order valence-electron chi connectivity index (χ2n) is 3.91. The molecule has 1 aromatic carbocycles. The van der Waals surface area contributed by atoms with Crippen LogP contribution in [0.15, 0.2) is 18.2 Å². The monoisotopic (exact) mass is 238 g/mol. The van der Waals surface area contributed by atoms with E-state index in [1.54, 1.807) is 32.2 Å². The van der Waals surface area contributed by atoms with Crippen molar-refractivity contribution >= 4 is 5.97 Å². The lowest BCUT2D eigenvalue weighted by Crippen LogP contribution is -2.06. The number of aliphatic hydroxyl groups excluding tert-OH is 1. The Morgan fingerprint density at radius 2 is 2.12 bits per heavy atom. The van der Waals surface area contributed by atoms with Gasteiger partial charge in [-0.15, -0.1) is 0 Å². The molecule has 17 heavy (non-hydrogen) atoms. The molecule has 4 heteroatoms. The minimum atomic E-state index is -0.374. The number of aliphatic hydroxyl groups is 1. The van der Waals surface area contributed by atoms with E-state index in [4.69, 9.17) is 4.74 Å². The highest BCUT2D eigenvalue weighted by Gasteiger charge is 2.10. The van der Waals surface area contributed by atoms with Crippen LogP contribution >= 0.6 is 0 Å². The molecule has 0 heterocycles.